The molecular formula is C6H12N2S2. The Morgan fingerprint density at radius 2 is 1.30 bits per heavy atom. The molecule has 2 N–H and O–H groups in total. The van der Waals surface area contributed by atoms with Crippen LogP contribution in [0, 0.1) is 10.8 Å². The van der Waals surface area contributed by atoms with Gasteiger partial charge in [0.15, 0.2) is 0 Å². The van der Waals surface area contributed by atoms with Crippen LogP contribution in [0.2, 0.25) is 0 Å². The van der Waals surface area contributed by atoms with Gasteiger partial charge in [-0.3, -0.25) is 0 Å². The fraction of sp³-hybridized carbons (Fsp3) is 0.667. The SMILES string of the molecule is N=CCCSSCCC=N. The highest BCUT2D eigenvalue weighted by Crippen LogP contribution is 2.21. The molecule has 0 heterocycles. The molecule has 0 radical (unpaired) electrons. The van der Waals surface area contributed by atoms with Gasteiger partial charge in [0.2, 0.25) is 0 Å². The van der Waals surface area contributed by atoms with Crippen LogP contribution >= 0.6 is 21.6 Å². The van der Waals surface area contributed by atoms with E-state index in [9.17, 15) is 0 Å². The van der Waals surface area contributed by atoms with Crippen LogP contribution in [0.4, 0.5) is 0 Å². The van der Waals surface area contributed by atoms with Crippen LogP contribution in [0.5, 0.6) is 0 Å². The summed E-state index contributed by atoms with van der Waals surface area (Å²) in [6.45, 7) is 0. The molecule has 10 heavy (non-hydrogen) atoms. The van der Waals surface area contributed by atoms with Crippen LogP contribution in [0.15, 0.2) is 0 Å². The number of rotatable bonds is 7. The van der Waals surface area contributed by atoms with E-state index in [0.717, 1.165) is 24.3 Å². The second-order valence-corrected chi connectivity index (χ2v) is 4.33. The lowest BCUT2D eigenvalue weighted by molar-refractivity contribution is 1.31. The number of nitrogens with one attached hydrogen (secondary N) is 2. The first-order valence-corrected chi connectivity index (χ1v) is 5.63. The van der Waals surface area contributed by atoms with Crippen molar-refractivity contribution in [1.29, 1.82) is 10.8 Å². The standard InChI is InChI=1S/C6H12N2S2/c7-3-1-5-9-10-6-2-4-8/h3-4,7-8H,1-2,5-6H2. The molecule has 0 aromatic carbocycles. The van der Waals surface area contributed by atoms with E-state index in [4.69, 9.17) is 10.8 Å². The maximum absolute atomic E-state index is 6.74. The maximum atomic E-state index is 6.74. The third-order valence-corrected chi connectivity index (χ3v) is 3.25. The Bertz CT molecular complexity index is 83.7. The second-order valence-electron chi connectivity index (χ2n) is 1.63. The largest absolute Gasteiger partial charge is 0.313 e. The lowest BCUT2D eigenvalue weighted by Crippen LogP contribution is -1.79. The molecule has 58 valence electrons. The summed E-state index contributed by atoms with van der Waals surface area (Å²) in [5, 5.41) is 13.5. The van der Waals surface area contributed by atoms with E-state index in [1.54, 1.807) is 21.6 Å². The molecule has 0 fully saturated rings. The highest BCUT2D eigenvalue weighted by Gasteiger charge is 1.86. The summed E-state index contributed by atoms with van der Waals surface area (Å²) in [6.07, 6.45) is 4.60. The fourth-order valence-corrected chi connectivity index (χ4v) is 2.28. The van der Waals surface area contributed by atoms with E-state index in [-0.39, 0.29) is 0 Å². The van der Waals surface area contributed by atoms with Gasteiger partial charge < -0.3 is 10.8 Å². The zero-order valence-electron chi connectivity index (χ0n) is 5.80. The predicted molar refractivity (Wildman–Crippen MR) is 51.7 cm³/mol. The lowest BCUT2D eigenvalue weighted by Gasteiger charge is -1.94. The number of hydrogen-bond donors (Lipinski definition) is 2. The zero-order chi connectivity index (χ0) is 7.66. The van der Waals surface area contributed by atoms with Gasteiger partial charge in [0.25, 0.3) is 0 Å². The van der Waals surface area contributed by atoms with E-state index in [0.29, 0.717) is 0 Å². The van der Waals surface area contributed by atoms with Gasteiger partial charge in [-0.25, -0.2) is 0 Å². The summed E-state index contributed by atoms with van der Waals surface area (Å²) < 4.78 is 0. The molecule has 0 bridgehead atoms. The summed E-state index contributed by atoms with van der Waals surface area (Å²) in [5.41, 5.74) is 0. The van der Waals surface area contributed by atoms with Crippen molar-refractivity contribution in [2.45, 2.75) is 12.8 Å². The van der Waals surface area contributed by atoms with Crippen LogP contribution in [-0.2, 0) is 0 Å². The van der Waals surface area contributed by atoms with Gasteiger partial charge in [-0.1, -0.05) is 21.6 Å². The van der Waals surface area contributed by atoms with Gasteiger partial charge >= 0.3 is 0 Å². The smallest absolute Gasteiger partial charge is 0.00862 e. The van der Waals surface area contributed by atoms with Crippen molar-refractivity contribution in [3.63, 3.8) is 0 Å². The summed E-state index contributed by atoms with van der Waals surface area (Å²) in [6, 6.07) is 0. The molecule has 0 unspecified atom stereocenters. The Hall–Kier alpha value is 0.0400. The first-order valence-electron chi connectivity index (χ1n) is 3.14. The number of hydrogen-bond acceptors (Lipinski definition) is 4. The van der Waals surface area contributed by atoms with Gasteiger partial charge in [-0.05, 0) is 25.3 Å². The minimum Gasteiger partial charge on any atom is -0.313 e. The lowest BCUT2D eigenvalue weighted by atomic mass is 10.5. The van der Waals surface area contributed by atoms with Gasteiger partial charge in [-0.15, -0.1) is 0 Å². The fourth-order valence-electron chi connectivity index (χ4n) is 0.332. The van der Waals surface area contributed by atoms with Crippen molar-refractivity contribution in [2.75, 3.05) is 11.5 Å². The van der Waals surface area contributed by atoms with Gasteiger partial charge in [0.1, 0.15) is 0 Å². The second kappa shape index (κ2) is 9.04. The van der Waals surface area contributed by atoms with Crippen molar-refractivity contribution in [1.82, 2.24) is 0 Å². The molecule has 0 aliphatic rings. The molecular weight excluding hydrogens is 164 g/mol. The van der Waals surface area contributed by atoms with E-state index in [1.165, 1.54) is 12.4 Å². The third kappa shape index (κ3) is 8.04. The monoisotopic (exact) mass is 176 g/mol. The first-order chi connectivity index (χ1) is 4.91. The van der Waals surface area contributed by atoms with Crippen molar-refractivity contribution >= 4 is 34.0 Å². The molecule has 0 spiro atoms. The van der Waals surface area contributed by atoms with Crippen molar-refractivity contribution in [3.8, 4) is 0 Å². The van der Waals surface area contributed by atoms with Crippen molar-refractivity contribution in [2.24, 2.45) is 0 Å². The van der Waals surface area contributed by atoms with E-state index >= 15 is 0 Å². The van der Waals surface area contributed by atoms with Crippen molar-refractivity contribution < 1.29 is 0 Å². The minimum absolute atomic E-state index is 0.863. The molecule has 0 aromatic heterocycles. The highest BCUT2D eigenvalue weighted by atomic mass is 33.1. The van der Waals surface area contributed by atoms with Gasteiger partial charge in [0, 0.05) is 11.5 Å². The molecule has 0 atom stereocenters. The normalized spacial score (nSPS) is 9.20. The van der Waals surface area contributed by atoms with Gasteiger partial charge in [0.05, 0.1) is 0 Å². The summed E-state index contributed by atoms with van der Waals surface area (Å²) in [4.78, 5) is 0. The molecule has 0 rings (SSSR count). The summed E-state index contributed by atoms with van der Waals surface area (Å²) in [5.74, 6) is 2.04. The molecule has 0 aliphatic heterocycles. The Balaban J connectivity index is 2.76. The maximum Gasteiger partial charge on any atom is 0.00862 e. The van der Waals surface area contributed by atoms with Crippen molar-refractivity contribution in [3.05, 3.63) is 0 Å². The molecule has 0 saturated heterocycles. The van der Waals surface area contributed by atoms with Crippen LogP contribution < -0.4 is 0 Å². The summed E-state index contributed by atoms with van der Waals surface area (Å²) >= 11 is 0. The summed E-state index contributed by atoms with van der Waals surface area (Å²) in [7, 11) is 3.56. The van der Waals surface area contributed by atoms with Crippen LogP contribution in [0.3, 0.4) is 0 Å². The first kappa shape index (κ1) is 10.0. The van der Waals surface area contributed by atoms with Crippen LogP contribution in [0.1, 0.15) is 12.8 Å². The van der Waals surface area contributed by atoms with Gasteiger partial charge in [-0.2, -0.15) is 0 Å². The third-order valence-electron chi connectivity index (χ3n) is 0.774. The Labute approximate surface area is 69.6 Å². The Morgan fingerprint density at radius 1 is 0.900 bits per heavy atom. The average molecular weight is 176 g/mol. The molecule has 0 aliphatic carbocycles. The van der Waals surface area contributed by atoms with Crippen LogP contribution in [-0.4, -0.2) is 23.9 Å². The quantitative estimate of drug-likeness (QED) is 0.355. The molecule has 2 nitrogen and oxygen atoms in total. The van der Waals surface area contributed by atoms with E-state index in [1.807, 2.05) is 0 Å². The average Bonchev–Trinajstić information content (AvgIpc) is 1.97. The predicted octanol–water partition coefficient (Wildman–Crippen LogP) is 2.45. The molecule has 0 aromatic rings. The van der Waals surface area contributed by atoms with E-state index in [2.05, 4.69) is 0 Å². The molecule has 0 amide bonds. The molecule has 0 saturated carbocycles. The van der Waals surface area contributed by atoms with E-state index < -0.39 is 0 Å². The Morgan fingerprint density at radius 3 is 1.60 bits per heavy atom. The Kier molecular flexibility index (Phi) is 9.08. The highest BCUT2D eigenvalue weighted by molar-refractivity contribution is 8.76. The topological polar surface area (TPSA) is 47.7 Å². The minimum atomic E-state index is 0.863. The van der Waals surface area contributed by atoms with Crippen LogP contribution in [0.25, 0.3) is 0 Å². The molecule has 4 heteroatoms. The zero-order valence-corrected chi connectivity index (χ0v) is 7.43.